The van der Waals surface area contributed by atoms with E-state index in [1.54, 1.807) is 36.2 Å². The van der Waals surface area contributed by atoms with Gasteiger partial charge < -0.3 is 14.6 Å². The zero-order valence-corrected chi connectivity index (χ0v) is 14.1. The predicted molar refractivity (Wildman–Crippen MR) is 96.5 cm³/mol. The Bertz CT molecular complexity index is 1020. The van der Waals surface area contributed by atoms with Crippen molar-refractivity contribution in [1.82, 2.24) is 4.98 Å². The molecule has 26 heavy (non-hydrogen) atoms. The van der Waals surface area contributed by atoms with Crippen molar-refractivity contribution in [3.63, 3.8) is 0 Å². The normalized spacial score (nSPS) is 13.1. The Morgan fingerprint density at radius 3 is 2.77 bits per heavy atom. The number of hydrogen-bond donors (Lipinski definition) is 1. The molecular formula is C20H16N2O4. The Morgan fingerprint density at radius 2 is 1.96 bits per heavy atom. The Hall–Kier alpha value is -3.41. The monoisotopic (exact) mass is 348 g/mol. The maximum Gasteiger partial charge on any atom is 0.355 e. The number of nitrogens with zero attached hydrogens (tertiary/aromatic N) is 1. The third-order valence-corrected chi connectivity index (χ3v) is 4.56. The van der Waals surface area contributed by atoms with E-state index in [2.05, 4.69) is 4.98 Å². The molecule has 6 heteroatoms. The number of ketones is 1. The molecule has 4 rings (SSSR count). The standard InChI is InChI=1S/C20H16N2O4/c1-22-17-7-6-13(8-14(17)10-19(22)24)18(23)11-26-20(25)16-9-12-4-2-3-5-15(12)21-16/h2-9,21H,10-11H2,1H3. The van der Waals surface area contributed by atoms with Crippen LogP contribution < -0.4 is 4.90 Å². The van der Waals surface area contributed by atoms with Crippen molar-refractivity contribution in [1.29, 1.82) is 0 Å². The van der Waals surface area contributed by atoms with Crippen LogP contribution in [0.4, 0.5) is 5.69 Å². The predicted octanol–water partition coefficient (Wildman–Crippen LogP) is 2.73. The number of aromatic amines is 1. The van der Waals surface area contributed by atoms with Crippen molar-refractivity contribution >= 4 is 34.3 Å². The topological polar surface area (TPSA) is 79.5 Å². The van der Waals surface area contributed by atoms with E-state index in [1.165, 1.54) is 0 Å². The van der Waals surface area contributed by atoms with Gasteiger partial charge in [0.05, 0.1) is 6.42 Å². The molecule has 1 aliphatic rings. The fraction of sp³-hybridized carbons (Fsp3) is 0.150. The fourth-order valence-electron chi connectivity index (χ4n) is 3.12. The number of fused-ring (bicyclic) bond motifs is 2. The number of carbonyl (C=O) groups is 3. The maximum absolute atomic E-state index is 12.3. The number of carbonyl (C=O) groups excluding carboxylic acids is 3. The molecule has 6 nitrogen and oxygen atoms in total. The molecule has 1 amide bonds. The van der Waals surface area contributed by atoms with Crippen LogP contribution in [-0.4, -0.2) is 36.3 Å². The highest BCUT2D eigenvalue weighted by molar-refractivity contribution is 6.04. The van der Waals surface area contributed by atoms with E-state index in [0.29, 0.717) is 11.3 Å². The van der Waals surface area contributed by atoms with E-state index < -0.39 is 5.97 Å². The third-order valence-electron chi connectivity index (χ3n) is 4.56. The second-order valence-electron chi connectivity index (χ2n) is 6.24. The summed E-state index contributed by atoms with van der Waals surface area (Å²) in [5.41, 5.74) is 3.18. The summed E-state index contributed by atoms with van der Waals surface area (Å²) in [6.07, 6.45) is 0.280. The van der Waals surface area contributed by atoms with Crippen LogP contribution in [0.1, 0.15) is 26.4 Å². The number of esters is 1. The number of nitrogens with one attached hydrogen (secondary N) is 1. The van der Waals surface area contributed by atoms with E-state index >= 15 is 0 Å². The second-order valence-corrected chi connectivity index (χ2v) is 6.24. The first kappa shape index (κ1) is 16.1. The SMILES string of the molecule is CN1C(=O)Cc2cc(C(=O)COC(=O)c3cc4ccccc4[nH]3)ccc21. The van der Waals surface area contributed by atoms with Crippen LogP contribution in [0.25, 0.3) is 10.9 Å². The molecule has 3 aromatic rings. The fourth-order valence-corrected chi connectivity index (χ4v) is 3.12. The van der Waals surface area contributed by atoms with Gasteiger partial charge in [0.2, 0.25) is 5.91 Å². The van der Waals surface area contributed by atoms with Gasteiger partial charge in [-0.3, -0.25) is 9.59 Å². The molecule has 2 heterocycles. The van der Waals surface area contributed by atoms with E-state index in [0.717, 1.165) is 22.2 Å². The maximum atomic E-state index is 12.3. The molecular weight excluding hydrogens is 332 g/mol. The van der Waals surface area contributed by atoms with Gasteiger partial charge in [-0.15, -0.1) is 0 Å². The number of benzene rings is 2. The lowest BCUT2D eigenvalue weighted by Crippen LogP contribution is -2.20. The third kappa shape index (κ3) is 2.75. The largest absolute Gasteiger partial charge is 0.453 e. The lowest BCUT2D eigenvalue weighted by atomic mass is 10.1. The summed E-state index contributed by atoms with van der Waals surface area (Å²) in [6.45, 7) is -0.350. The molecule has 0 unspecified atom stereocenters. The van der Waals surface area contributed by atoms with E-state index in [-0.39, 0.29) is 24.7 Å². The lowest BCUT2D eigenvalue weighted by molar-refractivity contribution is -0.117. The number of hydrogen-bond acceptors (Lipinski definition) is 4. The molecule has 0 fully saturated rings. The number of Topliss-reactive ketones (excluding diaryl/α,β-unsaturated/α-hetero) is 1. The van der Waals surface area contributed by atoms with Gasteiger partial charge in [-0.25, -0.2) is 4.79 Å². The molecule has 2 aromatic carbocycles. The number of aromatic nitrogens is 1. The van der Waals surface area contributed by atoms with Crippen molar-refractivity contribution in [2.24, 2.45) is 0 Å². The molecule has 0 bridgehead atoms. The molecule has 0 aliphatic carbocycles. The number of anilines is 1. The number of para-hydroxylation sites is 1. The lowest BCUT2D eigenvalue weighted by Gasteiger charge is -2.10. The number of rotatable bonds is 4. The molecule has 0 saturated heterocycles. The van der Waals surface area contributed by atoms with E-state index in [1.807, 2.05) is 24.3 Å². The Balaban J connectivity index is 1.45. The summed E-state index contributed by atoms with van der Waals surface area (Å²) < 4.78 is 5.14. The van der Waals surface area contributed by atoms with Gasteiger partial charge in [0, 0.05) is 29.2 Å². The molecule has 0 radical (unpaired) electrons. The van der Waals surface area contributed by atoms with E-state index in [4.69, 9.17) is 4.74 Å². The first-order valence-corrected chi connectivity index (χ1v) is 8.20. The minimum absolute atomic E-state index is 0.00478. The van der Waals surface area contributed by atoms with Crippen molar-refractivity contribution in [3.05, 3.63) is 65.4 Å². The smallest absolute Gasteiger partial charge is 0.355 e. The minimum atomic E-state index is -0.578. The van der Waals surface area contributed by atoms with Crippen LogP contribution in [0, 0.1) is 0 Å². The van der Waals surface area contributed by atoms with Crippen molar-refractivity contribution in [2.75, 3.05) is 18.6 Å². The van der Waals surface area contributed by atoms with Gasteiger partial charge in [0.25, 0.3) is 0 Å². The summed E-state index contributed by atoms with van der Waals surface area (Å²) in [5, 5.41) is 0.901. The van der Waals surface area contributed by atoms with Gasteiger partial charge in [0.1, 0.15) is 5.69 Å². The number of H-pyrrole nitrogens is 1. The van der Waals surface area contributed by atoms with Crippen LogP contribution in [0.3, 0.4) is 0 Å². The van der Waals surface area contributed by atoms with Crippen molar-refractivity contribution in [2.45, 2.75) is 6.42 Å². The van der Waals surface area contributed by atoms with Gasteiger partial charge in [-0.2, -0.15) is 0 Å². The molecule has 0 spiro atoms. The molecule has 1 aromatic heterocycles. The zero-order valence-electron chi connectivity index (χ0n) is 14.1. The summed E-state index contributed by atoms with van der Waals surface area (Å²) in [4.78, 5) is 40.8. The minimum Gasteiger partial charge on any atom is -0.453 e. The Kier molecular flexibility index (Phi) is 3.80. The summed E-state index contributed by atoms with van der Waals surface area (Å²) in [7, 11) is 1.71. The molecule has 0 saturated carbocycles. The number of ether oxygens (including phenoxy) is 1. The average Bonchev–Trinajstić information content (AvgIpc) is 3.20. The number of likely N-dealkylation sites (N-methyl/N-ethyl adjacent to an activating group) is 1. The Morgan fingerprint density at radius 1 is 1.15 bits per heavy atom. The highest BCUT2D eigenvalue weighted by Crippen LogP contribution is 2.28. The van der Waals surface area contributed by atoms with Crippen molar-refractivity contribution < 1.29 is 19.1 Å². The quantitative estimate of drug-likeness (QED) is 0.581. The summed E-state index contributed by atoms with van der Waals surface area (Å²) in [5.74, 6) is -0.889. The average molecular weight is 348 g/mol. The van der Waals surface area contributed by atoms with Crippen LogP contribution in [0.5, 0.6) is 0 Å². The highest BCUT2D eigenvalue weighted by atomic mass is 16.5. The van der Waals surface area contributed by atoms with Crippen LogP contribution in [0.15, 0.2) is 48.5 Å². The Labute approximate surface area is 149 Å². The van der Waals surface area contributed by atoms with Crippen molar-refractivity contribution in [3.8, 4) is 0 Å². The summed E-state index contributed by atoms with van der Waals surface area (Å²) >= 11 is 0. The van der Waals surface area contributed by atoms with Crippen LogP contribution in [0.2, 0.25) is 0 Å². The first-order chi connectivity index (χ1) is 12.5. The second kappa shape index (κ2) is 6.15. The molecule has 0 atom stereocenters. The molecule has 130 valence electrons. The highest BCUT2D eigenvalue weighted by Gasteiger charge is 2.25. The number of amides is 1. The van der Waals surface area contributed by atoms with Crippen LogP contribution >= 0.6 is 0 Å². The molecule has 1 aliphatic heterocycles. The summed E-state index contributed by atoms with van der Waals surface area (Å²) in [6, 6.07) is 14.3. The van der Waals surface area contributed by atoms with Crippen LogP contribution in [-0.2, 0) is 16.0 Å². The first-order valence-electron chi connectivity index (χ1n) is 8.20. The van der Waals surface area contributed by atoms with Gasteiger partial charge in [0.15, 0.2) is 12.4 Å². The van der Waals surface area contributed by atoms with E-state index in [9.17, 15) is 14.4 Å². The zero-order chi connectivity index (χ0) is 18.3. The van der Waals surface area contributed by atoms with Gasteiger partial charge >= 0.3 is 5.97 Å². The molecule has 1 N–H and O–H groups in total. The van der Waals surface area contributed by atoms with Gasteiger partial charge in [-0.05, 0) is 35.9 Å². The van der Waals surface area contributed by atoms with Gasteiger partial charge in [-0.1, -0.05) is 18.2 Å².